The molecule has 0 bridgehead atoms. The van der Waals surface area contributed by atoms with Crippen LogP contribution in [0, 0.1) is 24.0 Å². The summed E-state index contributed by atoms with van der Waals surface area (Å²) in [6.45, 7) is 7.12. The molecular weight excluding hydrogens is 300 g/mol. The highest BCUT2D eigenvalue weighted by atomic mass is 32.1. The van der Waals surface area contributed by atoms with Crippen LogP contribution in [0.3, 0.4) is 0 Å². The van der Waals surface area contributed by atoms with E-state index in [1.807, 2.05) is 6.92 Å². The zero-order valence-corrected chi connectivity index (χ0v) is 14.5. The fraction of sp³-hybridized carbons (Fsp3) is 0.625. The van der Waals surface area contributed by atoms with Crippen LogP contribution in [0.1, 0.15) is 49.5 Å². The third-order valence-corrected chi connectivity index (χ3v) is 6.36. The highest BCUT2D eigenvalue weighted by Gasteiger charge is 2.28. The van der Waals surface area contributed by atoms with Gasteiger partial charge in [-0.05, 0) is 49.9 Å². The minimum atomic E-state index is 0.0856. The van der Waals surface area contributed by atoms with Crippen molar-refractivity contribution in [2.45, 2.75) is 59.4 Å². The molecule has 1 saturated carbocycles. The van der Waals surface area contributed by atoms with E-state index in [4.69, 9.17) is 12.2 Å². The number of nitrogens with one attached hydrogen (secondary N) is 1. The predicted molar refractivity (Wildman–Crippen MR) is 91.9 cm³/mol. The lowest BCUT2D eigenvalue weighted by Crippen LogP contribution is -2.33. The maximum atomic E-state index is 12.9. The summed E-state index contributed by atoms with van der Waals surface area (Å²) in [6, 6.07) is 0. The van der Waals surface area contributed by atoms with Gasteiger partial charge in [-0.1, -0.05) is 26.2 Å². The molecule has 1 fully saturated rings. The van der Waals surface area contributed by atoms with Gasteiger partial charge in [0.25, 0.3) is 5.56 Å². The van der Waals surface area contributed by atoms with Gasteiger partial charge in [0, 0.05) is 11.4 Å². The molecule has 2 aromatic rings. The number of H-pyrrole nitrogens is 1. The van der Waals surface area contributed by atoms with E-state index in [2.05, 4.69) is 18.8 Å². The smallest absolute Gasteiger partial charge is 0.263 e. The molecule has 0 radical (unpaired) electrons. The Bertz CT molecular complexity index is 791. The highest BCUT2D eigenvalue weighted by molar-refractivity contribution is 7.71. The fourth-order valence-electron chi connectivity index (χ4n) is 3.45. The average molecular weight is 322 g/mol. The summed E-state index contributed by atoms with van der Waals surface area (Å²) < 4.78 is 2.36. The van der Waals surface area contributed by atoms with Crippen molar-refractivity contribution in [2.24, 2.45) is 5.41 Å². The number of fused-ring (bicyclic) bond motifs is 1. The van der Waals surface area contributed by atoms with Crippen molar-refractivity contribution in [2.75, 3.05) is 0 Å². The summed E-state index contributed by atoms with van der Waals surface area (Å²) >= 11 is 7.08. The maximum absolute atomic E-state index is 12.9. The van der Waals surface area contributed by atoms with Gasteiger partial charge in [0.2, 0.25) is 0 Å². The molecule has 0 aliphatic heterocycles. The molecule has 0 atom stereocenters. The molecule has 114 valence electrons. The molecule has 1 N–H and O–H groups in total. The van der Waals surface area contributed by atoms with E-state index in [-0.39, 0.29) is 11.0 Å². The van der Waals surface area contributed by atoms with Crippen molar-refractivity contribution in [3.05, 3.63) is 25.6 Å². The standard InChI is InChI=1S/C16H22N2OS2/c1-10-11(2)21-13-12(10)14(19)18(15(20)17-13)9-16(3)7-5-4-6-8-16/h4-9H2,1-3H3,(H,17,20). The molecule has 5 heteroatoms. The third kappa shape index (κ3) is 2.61. The minimum Gasteiger partial charge on any atom is -0.323 e. The second kappa shape index (κ2) is 5.36. The molecule has 3 nitrogen and oxygen atoms in total. The molecule has 0 saturated heterocycles. The number of hydrogen-bond acceptors (Lipinski definition) is 3. The van der Waals surface area contributed by atoms with E-state index in [0.29, 0.717) is 4.77 Å². The van der Waals surface area contributed by atoms with Crippen LogP contribution < -0.4 is 5.56 Å². The molecule has 0 unspecified atom stereocenters. The second-order valence-corrected chi connectivity index (χ2v) is 8.29. The Kier molecular flexibility index (Phi) is 3.82. The first-order valence-corrected chi connectivity index (χ1v) is 8.87. The molecule has 0 amide bonds. The Morgan fingerprint density at radius 3 is 2.62 bits per heavy atom. The quantitative estimate of drug-likeness (QED) is 0.813. The van der Waals surface area contributed by atoms with Crippen LogP contribution >= 0.6 is 23.6 Å². The van der Waals surface area contributed by atoms with Crippen molar-refractivity contribution in [3.8, 4) is 0 Å². The van der Waals surface area contributed by atoms with Gasteiger partial charge in [-0.25, -0.2) is 0 Å². The van der Waals surface area contributed by atoms with Crippen molar-refractivity contribution in [1.29, 1.82) is 0 Å². The van der Waals surface area contributed by atoms with Gasteiger partial charge in [0.15, 0.2) is 4.77 Å². The molecule has 21 heavy (non-hydrogen) atoms. The summed E-state index contributed by atoms with van der Waals surface area (Å²) in [5.41, 5.74) is 1.38. The third-order valence-electron chi connectivity index (χ3n) is 4.91. The van der Waals surface area contributed by atoms with Crippen LogP contribution in [0.5, 0.6) is 0 Å². The number of rotatable bonds is 2. The topological polar surface area (TPSA) is 37.8 Å². The van der Waals surface area contributed by atoms with Gasteiger partial charge in [-0.2, -0.15) is 0 Å². The van der Waals surface area contributed by atoms with E-state index in [9.17, 15) is 4.79 Å². The van der Waals surface area contributed by atoms with Crippen LogP contribution in [0.25, 0.3) is 10.2 Å². The normalized spacial score (nSPS) is 18.2. The van der Waals surface area contributed by atoms with Crippen molar-refractivity contribution in [1.82, 2.24) is 9.55 Å². The predicted octanol–water partition coefficient (Wildman–Crippen LogP) is 4.71. The largest absolute Gasteiger partial charge is 0.323 e. The van der Waals surface area contributed by atoms with E-state index in [1.54, 1.807) is 15.9 Å². The van der Waals surface area contributed by atoms with E-state index >= 15 is 0 Å². The Morgan fingerprint density at radius 2 is 1.95 bits per heavy atom. The number of aromatic nitrogens is 2. The molecule has 3 rings (SSSR count). The maximum Gasteiger partial charge on any atom is 0.263 e. The lowest BCUT2D eigenvalue weighted by atomic mass is 9.75. The van der Waals surface area contributed by atoms with Crippen LogP contribution in [0.2, 0.25) is 0 Å². The van der Waals surface area contributed by atoms with Crippen LogP contribution in [-0.2, 0) is 6.54 Å². The Hall–Kier alpha value is -0.940. The molecule has 0 spiro atoms. The van der Waals surface area contributed by atoms with Gasteiger partial charge >= 0.3 is 0 Å². The number of nitrogens with zero attached hydrogens (tertiary/aromatic N) is 1. The Balaban J connectivity index is 2.12. The van der Waals surface area contributed by atoms with Gasteiger partial charge < -0.3 is 4.98 Å². The second-order valence-electron chi connectivity index (χ2n) is 6.68. The van der Waals surface area contributed by atoms with Gasteiger partial charge in [0.1, 0.15) is 4.83 Å². The lowest BCUT2D eigenvalue weighted by Gasteiger charge is -2.34. The number of hydrogen-bond donors (Lipinski definition) is 1. The minimum absolute atomic E-state index is 0.0856. The summed E-state index contributed by atoms with van der Waals surface area (Å²) in [5, 5.41) is 0.825. The van der Waals surface area contributed by atoms with Crippen molar-refractivity contribution >= 4 is 33.8 Å². The van der Waals surface area contributed by atoms with Crippen LogP contribution in [0.4, 0.5) is 0 Å². The van der Waals surface area contributed by atoms with Crippen molar-refractivity contribution in [3.63, 3.8) is 0 Å². The number of thiophene rings is 1. The molecule has 2 aromatic heterocycles. The van der Waals surface area contributed by atoms with E-state index < -0.39 is 0 Å². The van der Waals surface area contributed by atoms with Gasteiger partial charge in [0.05, 0.1) is 5.39 Å². The SMILES string of the molecule is Cc1sc2[nH]c(=S)n(CC3(C)CCCCC3)c(=O)c2c1C. The van der Waals surface area contributed by atoms with Gasteiger partial charge in [-0.3, -0.25) is 9.36 Å². The number of aromatic amines is 1. The first-order chi connectivity index (χ1) is 9.91. The first-order valence-electron chi connectivity index (χ1n) is 7.64. The summed E-state index contributed by atoms with van der Waals surface area (Å²) in [7, 11) is 0. The van der Waals surface area contributed by atoms with E-state index in [1.165, 1.54) is 37.0 Å². The zero-order chi connectivity index (χ0) is 15.2. The molecule has 0 aromatic carbocycles. The molecular formula is C16H22N2OS2. The fourth-order valence-corrected chi connectivity index (χ4v) is 4.82. The molecule has 2 heterocycles. The Morgan fingerprint density at radius 1 is 1.29 bits per heavy atom. The van der Waals surface area contributed by atoms with Gasteiger partial charge in [-0.15, -0.1) is 11.3 Å². The highest BCUT2D eigenvalue weighted by Crippen LogP contribution is 2.37. The monoisotopic (exact) mass is 322 g/mol. The Labute approximate surface area is 134 Å². The first kappa shape index (κ1) is 15.0. The number of aryl methyl sites for hydroxylation is 2. The average Bonchev–Trinajstić information content (AvgIpc) is 2.71. The summed E-state index contributed by atoms with van der Waals surface area (Å²) in [6.07, 6.45) is 6.22. The summed E-state index contributed by atoms with van der Waals surface area (Å²) in [5.74, 6) is 0. The van der Waals surface area contributed by atoms with Crippen molar-refractivity contribution < 1.29 is 0 Å². The molecule has 1 aliphatic rings. The lowest BCUT2D eigenvalue weighted by molar-refractivity contribution is 0.180. The summed E-state index contributed by atoms with van der Waals surface area (Å²) in [4.78, 5) is 18.3. The zero-order valence-electron chi connectivity index (χ0n) is 12.9. The van der Waals surface area contributed by atoms with Crippen LogP contribution in [0.15, 0.2) is 4.79 Å². The van der Waals surface area contributed by atoms with Crippen LogP contribution in [-0.4, -0.2) is 9.55 Å². The van der Waals surface area contributed by atoms with E-state index in [0.717, 1.165) is 22.3 Å². The molecule has 1 aliphatic carbocycles.